The summed E-state index contributed by atoms with van der Waals surface area (Å²) in [5.41, 5.74) is -0.369. The Bertz CT molecular complexity index is 228. The van der Waals surface area contributed by atoms with E-state index in [9.17, 15) is 9.90 Å². The van der Waals surface area contributed by atoms with E-state index in [1.807, 2.05) is 0 Å². The van der Waals surface area contributed by atoms with E-state index < -0.39 is 0 Å². The lowest BCUT2D eigenvalue weighted by atomic mass is 10.0. The van der Waals surface area contributed by atoms with E-state index in [1.54, 1.807) is 6.92 Å². The molecule has 0 radical (unpaired) electrons. The predicted molar refractivity (Wildman–Crippen MR) is 44.1 cm³/mol. The Labute approximate surface area is 76.8 Å². The summed E-state index contributed by atoms with van der Waals surface area (Å²) in [6.07, 6.45) is 1.32. The summed E-state index contributed by atoms with van der Waals surface area (Å²) in [5.74, 6) is -0.223. The van der Waals surface area contributed by atoms with Gasteiger partial charge in [0.25, 0.3) is 0 Å². The van der Waals surface area contributed by atoms with Gasteiger partial charge in [0, 0.05) is 0 Å². The van der Waals surface area contributed by atoms with Crippen molar-refractivity contribution in [3.05, 3.63) is 0 Å². The van der Waals surface area contributed by atoms with Crippen LogP contribution in [0.15, 0.2) is 0 Å². The zero-order chi connectivity index (χ0) is 9.47. The van der Waals surface area contributed by atoms with Gasteiger partial charge in [0.2, 0.25) is 0 Å². The number of aliphatic hydroxyl groups excluding tert-OH is 1. The lowest BCUT2D eigenvalue weighted by molar-refractivity contribution is -0.144. The highest BCUT2D eigenvalue weighted by atomic mass is 16.6. The highest BCUT2D eigenvalue weighted by Crippen LogP contribution is 2.52. The van der Waals surface area contributed by atoms with Gasteiger partial charge in [-0.15, -0.1) is 0 Å². The smallest absolute Gasteiger partial charge is 0.308 e. The topological polar surface area (TPSA) is 59.1 Å². The maximum Gasteiger partial charge on any atom is 0.308 e. The van der Waals surface area contributed by atoms with Crippen molar-refractivity contribution in [2.75, 3.05) is 6.61 Å². The highest BCUT2D eigenvalue weighted by molar-refractivity contribution is 5.71. The fourth-order valence-corrected chi connectivity index (χ4v) is 2.08. The predicted octanol–water partition coefficient (Wildman–Crippen LogP) is 0.232. The van der Waals surface area contributed by atoms with Crippen LogP contribution >= 0.6 is 0 Å². The second kappa shape index (κ2) is 2.96. The van der Waals surface area contributed by atoms with Crippen molar-refractivity contribution in [3.63, 3.8) is 0 Å². The van der Waals surface area contributed by atoms with Crippen molar-refractivity contribution in [3.8, 4) is 0 Å². The van der Waals surface area contributed by atoms with Gasteiger partial charge in [-0.25, -0.2) is 0 Å². The summed E-state index contributed by atoms with van der Waals surface area (Å²) in [6.45, 7) is 2.19. The van der Waals surface area contributed by atoms with Crippen LogP contribution in [0.3, 0.4) is 0 Å². The maximum atomic E-state index is 11.2. The third kappa shape index (κ3) is 1.44. The number of carbonyl (C=O) groups is 1. The van der Waals surface area contributed by atoms with Gasteiger partial charge in [-0.1, -0.05) is 0 Å². The summed E-state index contributed by atoms with van der Waals surface area (Å²) in [7, 11) is 0. The molecule has 13 heavy (non-hydrogen) atoms. The number of esters is 1. The summed E-state index contributed by atoms with van der Waals surface area (Å²) in [5, 5.41) is 9.37. The number of epoxide rings is 1. The van der Waals surface area contributed by atoms with E-state index in [0.29, 0.717) is 13.0 Å². The summed E-state index contributed by atoms with van der Waals surface area (Å²) >= 11 is 0. The third-order valence-electron chi connectivity index (χ3n) is 2.78. The zero-order valence-corrected chi connectivity index (χ0v) is 7.66. The van der Waals surface area contributed by atoms with E-state index in [0.717, 1.165) is 12.8 Å². The minimum absolute atomic E-state index is 0.114. The first-order valence-corrected chi connectivity index (χ1v) is 4.69. The van der Waals surface area contributed by atoms with Crippen LogP contribution in [0.1, 0.15) is 26.2 Å². The molecule has 1 heterocycles. The molecule has 1 saturated carbocycles. The van der Waals surface area contributed by atoms with Crippen LogP contribution in [0.25, 0.3) is 0 Å². The number of aliphatic hydroxyl groups is 1. The normalized spacial score (nSPS) is 41.4. The first-order valence-electron chi connectivity index (χ1n) is 4.69. The van der Waals surface area contributed by atoms with Crippen LogP contribution in [0, 0.1) is 0 Å². The van der Waals surface area contributed by atoms with Gasteiger partial charge in [-0.05, 0) is 19.8 Å². The lowest BCUT2D eigenvalue weighted by Crippen LogP contribution is -2.19. The number of hydrogen-bond donors (Lipinski definition) is 1. The van der Waals surface area contributed by atoms with Crippen LogP contribution in [-0.4, -0.2) is 35.5 Å². The molecule has 1 aliphatic heterocycles. The van der Waals surface area contributed by atoms with Crippen molar-refractivity contribution < 1.29 is 19.4 Å². The Morgan fingerprint density at radius 1 is 1.77 bits per heavy atom. The van der Waals surface area contributed by atoms with E-state index in [4.69, 9.17) is 9.47 Å². The molecule has 0 aromatic carbocycles. The SMILES string of the molecule is CCOC(=O)C[C@@]12CC[C@H](O)[C@@H]1O2. The molecule has 0 aromatic heterocycles. The van der Waals surface area contributed by atoms with Gasteiger partial charge in [0.15, 0.2) is 0 Å². The molecule has 1 aliphatic carbocycles. The minimum atomic E-state index is -0.380. The molecule has 2 aliphatic rings. The Morgan fingerprint density at radius 3 is 3.00 bits per heavy atom. The van der Waals surface area contributed by atoms with Crippen LogP contribution in [0.5, 0.6) is 0 Å². The van der Waals surface area contributed by atoms with Crippen molar-refractivity contribution in [1.82, 2.24) is 0 Å². The largest absolute Gasteiger partial charge is 0.466 e. The molecule has 3 atom stereocenters. The molecule has 2 fully saturated rings. The van der Waals surface area contributed by atoms with Crippen LogP contribution in [0.2, 0.25) is 0 Å². The van der Waals surface area contributed by atoms with Crippen molar-refractivity contribution >= 4 is 5.97 Å². The number of ether oxygens (including phenoxy) is 2. The first-order chi connectivity index (χ1) is 6.18. The average Bonchev–Trinajstić information content (AvgIpc) is 2.69. The van der Waals surface area contributed by atoms with Crippen LogP contribution < -0.4 is 0 Å². The number of fused-ring (bicyclic) bond motifs is 1. The fourth-order valence-electron chi connectivity index (χ4n) is 2.08. The zero-order valence-electron chi connectivity index (χ0n) is 7.66. The molecule has 4 heteroatoms. The van der Waals surface area contributed by atoms with Gasteiger partial charge in [-0.3, -0.25) is 4.79 Å². The van der Waals surface area contributed by atoms with Crippen molar-refractivity contribution in [2.45, 2.75) is 44.0 Å². The quantitative estimate of drug-likeness (QED) is 0.506. The molecule has 1 saturated heterocycles. The van der Waals surface area contributed by atoms with Gasteiger partial charge in [-0.2, -0.15) is 0 Å². The Kier molecular flexibility index (Phi) is 2.04. The minimum Gasteiger partial charge on any atom is -0.466 e. The van der Waals surface area contributed by atoms with Gasteiger partial charge in [0.05, 0.1) is 19.1 Å². The fraction of sp³-hybridized carbons (Fsp3) is 0.889. The molecular formula is C9H14O4. The van der Waals surface area contributed by atoms with Crippen molar-refractivity contribution in [2.24, 2.45) is 0 Å². The average molecular weight is 186 g/mol. The molecule has 0 bridgehead atoms. The summed E-state index contributed by atoms with van der Waals surface area (Å²) in [4.78, 5) is 11.2. The molecule has 74 valence electrons. The Morgan fingerprint density at radius 2 is 2.54 bits per heavy atom. The lowest BCUT2D eigenvalue weighted by Gasteiger charge is -2.06. The Hall–Kier alpha value is -0.610. The second-order valence-corrected chi connectivity index (χ2v) is 3.69. The van der Waals surface area contributed by atoms with E-state index in [1.165, 1.54) is 0 Å². The second-order valence-electron chi connectivity index (χ2n) is 3.69. The molecular weight excluding hydrogens is 172 g/mol. The van der Waals surface area contributed by atoms with E-state index in [-0.39, 0.29) is 23.8 Å². The summed E-state index contributed by atoms with van der Waals surface area (Å²) in [6, 6.07) is 0. The standard InChI is InChI=1S/C9H14O4/c1-2-12-7(11)5-9-4-3-6(10)8(9)13-9/h6,8,10H,2-5H2,1H3/t6-,8-,9-/m0/s1. The molecule has 0 amide bonds. The molecule has 4 nitrogen and oxygen atoms in total. The number of rotatable bonds is 3. The number of carbonyl (C=O) groups excluding carboxylic acids is 1. The van der Waals surface area contributed by atoms with Gasteiger partial charge >= 0.3 is 5.97 Å². The van der Waals surface area contributed by atoms with Crippen molar-refractivity contribution in [1.29, 1.82) is 0 Å². The molecule has 0 unspecified atom stereocenters. The van der Waals surface area contributed by atoms with Crippen LogP contribution in [0.4, 0.5) is 0 Å². The third-order valence-corrected chi connectivity index (χ3v) is 2.78. The molecule has 0 spiro atoms. The first kappa shape index (κ1) is 8.97. The van der Waals surface area contributed by atoms with Gasteiger partial charge < -0.3 is 14.6 Å². The molecule has 1 N–H and O–H groups in total. The van der Waals surface area contributed by atoms with Gasteiger partial charge in [0.1, 0.15) is 11.7 Å². The van der Waals surface area contributed by atoms with Crippen LogP contribution in [-0.2, 0) is 14.3 Å². The van der Waals surface area contributed by atoms with E-state index in [2.05, 4.69) is 0 Å². The molecule has 2 rings (SSSR count). The summed E-state index contributed by atoms with van der Waals surface area (Å²) < 4.78 is 10.1. The monoisotopic (exact) mass is 186 g/mol. The van der Waals surface area contributed by atoms with E-state index >= 15 is 0 Å². The molecule has 0 aromatic rings. The highest BCUT2D eigenvalue weighted by Gasteiger charge is 2.64. The maximum absolute atomic E-state index is 11.2. The number of hydrogen-bond acceptors (Lipinski definition) is 4. The Balaban J connectivity index is 1.87.